The van der Waals surface area contributed by atoms with Crippen LogP contribution in [-0.2, 0) is 16.6 Å². The fraction of sp³-hybridized carbons (Fsp3) is 0.400. The van der Waals surface area contributed by atoms with Gasteiger partial charge in [-0.2, -0.15) is 13.2 Å². The Kier molecular flexibility index (Phi) is 3.32. The Hall–Kier alpha value is -1.43. The molecule has 0 aliphatic heterocycles. The summed E-state index contributed by atoms with van der Waals surface area (Å²) in [5.41, 5.74) is -3.23. The van der Waals surface area contributed by atoms with E-state index in [1.807, 2.05) is 0 Å². The fourth-order valence-corrected chi connectivity index (χ4v) is 1.34. The van der Waals surface area contributed by atoms with E-state index in [9.17, 15) is 23.1 Å². The number of rotatable bonds is 3. The molecule has 0 radical (unpaired) electrons. The average Bonchev–Trinajstić information content (AvgIpc) is 2.16. The van der Waals surface area contributed by atoms with E-state index >= 15 is 0 Å². The lowest BCUT2D eigenvalue weighted by Crippen LogP contribution is -2.26. The molecule has 88 valence electrons. The third kappa shape index (κ3) is 2.57. The molecule has 0 aliphatic carbocycles. The van der Waals surface area contributed by atoms with E-state index in [1.165, 1.54) is 0 Å². The third-order valence-electron chi connectivity index (χ3n) is 2.19. The van der Waals surface area contributed by atoms with Crippen LogP contribution in [0.15, 0.2) is 18.5 Å². The Bertz CT molecular complexity index is 388. The topological polar surface area (TPSA) is 50.2 Å². The van der Waals surface area contributed by atoms with Gasteiger partial charge in [-0.25, -0.2) is 0 Å². The number of carbonyl (C=O) groups is 1. The number of pyridine rings is 1. The van der Waals surface area contributed by atoms with E-state index in [0.29, 0.717) is 6.29 Å². The Labute approximate surface area is 89.9 Å². The van der Waals surface area contributed by atoms with Crippen molar-refractivity contribution >= 4 is 6.29 Å². The molecule has 0 aromatic carbocycles. The van der Waals surface area contributed by atoms with Crippen LogP contribution in [0.2, 0.25) is 0 Å². The summed E-state index contributed by atoms with van der Waals surface area (Å²) in [6, 6.07) is 0.772. The van der Waals surface area contributed by atoms with Gasteiger partial charge in [-0.3, -0.25) is 4.98 Å². The summed E-state index contributed by atoms with van der Waals surface area (Å²) in [6.07, 6.45) is -2.71. The standard InChI is InChI=1S/C10H10F3NO2/c1-9(16,3-5-15)8-6-14-4-2-7(8)10(11,12)13/h2,4-6,16H,3H2,1H3. The van der Waals surface area contributed by atoms with Crippen molar-refractivity contribution in [1.82, 2.24) is 4.98 Å². The van der Waals surface area contributed by atoms with Gasteiger partial charge in [0.2, 0.25) is 0 Å². The largest absolute Gasteiger partial charge is 0.416 e. The first-order valence-corrected chi connectivity index (χ1v) is 4.47. The smallest absolute Gasteiger partial charge is 0.385 e. The summed E-state index contributed by atoms with van der Waals surface area (Å²) in [7, 11) is 0. The predicted molar refractivity (Wildman–Crippen MR) is 49.5 cm³/mol. The minimum Gasteiger partial charge on any atom is -0.385 e. The van der Waals surface area contributed by atoms with Gasteiger partial charge in [0.05, 0.1) is 11.2 Å². The summed E-state index contributed by atoms with van der Waals surface area (Å²) in [5.74, 6) is 0. The molecule has 1 heterocycles. The van der Waals surface area contributed by atoms with Gasteiger partial charge in [-0.15, -0.1) is 0 Å². The van der Waals surface area contributed by atoms with Gasteiger partial charge >= 0.3 is 6.18 Å². The maximum Gasteiger partial charge on any atom is 0.416 e. The molecule has 16 heavy (non-hydrogen) atoms. The number of alkyl halides is 3. The second kappa shape index (κ2) is 4.21. The lowest BCUT2D eigenvalue weighted by atomic mass is 9.90. The van der Waals surface area contributed by atoms with Crippen LogP contribution in [0.4, 0.5) is 13.2 Å². The summed E-state index contributed by atoms with van der Waals surface area (Å²) >= 11 is 0. The molecular weight excluding hydrogens is 223 g/mol. The maximum atomic E-state index is 12.6. The summed E-state index contributed by atoms with van der Waals surface area (Å²) in [5, 5.41) is 9.76. The van der Waals surface area contributed by atoms with Gasteiger partial charge in [0.1, 0.15) is 6.29 Å². The zero-order valence-electron chi connectivity index (χ0n) is 8.45. The van der Waals surface area contributed by atoms with Crippen molar-refractivity contribution in [1.29, 1.82) is 0 Å². The van der Waals surface area contributed by atoms with Crippen LogP contribution in [0.25, 0.3) is 0 Å². The molecule has 0 aliphatic rings. The Balaban J connectivity index is 3.28. The van der Waals surface area contributed by atoms with Crippen molar-refractivity contribution in [3.8, 4) is 0 Å². The highest BCUT2D eigenvalue weighted by Crippen LogP contribution is 2.36. The molecular formula is C10H10F3NO2. The van der Waals surface area contributed by atoms with Crippen LogP contribution in [0, 0.1) is 0 Å². The van der Waals surface area contributed by atoms with Gasteiger partial charge < -0.3 is 9.90 Å². The van der Waals surface area contributed by atoms with Crippen LogP contribution >= 0.6 is 0 Å². The molecule has 0 bridgehead atoms. The molecule has 1 aromatic heterocycles. The molecule has 3 nitrogen and oxygen atoms in total. The zero-order chi connectivity index (χ0) is 12.4. The van der Waals surface area contributed by atoms with Crippen molar-refractivity contribution in [2.75, 3.05) is 0 Å². The molecule has 6 heteroatoms. The maximum absolute atomic E-state index is 12.6. The first-order chi connectivity index (χ1) is 7.29. The molecule has 0 spiro atoms. The third-order valence-corrected chi connectivity index (χ3v) is 2.19. The van der Waals surface area contributed by atoms with E-state index in [-0.39, 0.29) is 0 Å². The van der Waals surface area contributed by atoms with Crippen LogP contribution in [-0.4, -0.2) is 16.4 Å². The van der Waals surface area contributed by atoms with Crippen molar-refractivity contribution in [3.63, 3.8) is 0 Å². The summed E-state index contributed by atoms with van der Waals surface area (Å²) < 4.78 is 37.8. The zero-order valence-corrected chi connectivity index (χ0v) is 8.45. The highest BCUT2D eigenvalue weighted by Gasteiger charge is 2.38. The monoisotopic (exact) mass is 233 g/mol. The summed E-state index contributed by atoms with van der Waals surface area (Å²) in [6.45, 7) is 1.15. The van der Waals surface area contributed by atoms with Crippen molar-refractivity contribution in [3.05, 3.63) is 29.6 Å². The van der Waals surface area contributed by atoms with Crippen molar-refractivity contribution in [2.24, 2.45) is 0 Å². The van der Waals surface area contributed by atoms with Crippen LogP contribution in [0.3, 0.4) is 0 Å². The van der Waals surface area contributed by atoms with Crippen LogP contribution in [0.1, 0.15) is 24.5 Å². The highest BCUT2D eigenvalue weighted by molar-refractivity contribution is 5.53. The van der Waals surface area contributed by atoms with E-state index in [2.05, 4.69) is 4.98 Å². The second-order valence-electron chi connectivity index (χ2n) is 3.56. The number of carbonyl (C=O) groups excluding carboxylic acids is 1. The fourth-order valence-electron chi connectivity index (χ4n) is 1.34. The quantitative estimate of drug-likeness (QED) is 0.811. The number of hydrogen-bond acceptors (Lipinski definition) is 3. The number of aldehydes is 1. The lowest BCUT2D eigenvalue weighted by molar-refractivity contribution is -0.141. The van der Waals surface area contributed by atoms with Gasteiger partial charge in [-0.1, -0.05) is 0 Å². The number of aromatic nitrogens is 1. The van der Waals surface area contributed by atoms with Gasteiger partial charge in [0, 0.05) is 24.4 Å². The van der Waals surface area contributed by atoms with E-state index < -0.39 is 29.3 Å². The molecule has 1 N–H and O–H groups in total. The Morgan fingerprint density at radius 2 is 2.06 bits per heavy atom. The molecule has 1 rings (SSSR count). The molecule has 0 amide bonds. The van der Waals surface area contributed by atoms with Crippen molar-refractivity contribution in [2.45, 2.75) is 25.1 Å². The van der Waals surface area contributed by atoms with Crippen LogP contribution < -0.4 is 0 Å². The molecule has 1 atom stereocenters. The highest BCUT2D eigenvalue weighted by atomic mass is 19.4. The lowest BCUT2D eigenvalue weighted by Gasteiger charge is -2.24. The first kappa shape index (κ1) is 12.6. The van der Waals surface area contributed by atoms with Gasteiger partial charge in [0.25, 0.3) is 0 Å². The number of nitrogens with zero attached hydrogens (tertiary/aromatic N) is 1. The number of hydrogen-bond donors (Lipinski definition) is 1. The number of halogens is 3. The van der Waals surface area contributed by atoms with Gasteiger partial charge in [0.15, 0.2) is 0 Å². The molecule has 0 saturated heterocycles. The minimum atomic E-state index is -4.58. The van der Waals surface area contributed by atoms with E-state index in [4.69, 9.17) is 0 Å². The second-order valence-corrected chi connectivity index (χ2v) is 3.56. The molecule has 0 saturated carbocycles. The van der Waals surface area contributed by atoms with E-state index in [1.54, 1.807) is 0 Å². The summed E-state index contributed by atoms with van der Waals surface area (Å²) in [4.78, 5) is 13.8. The average molecular weight is 233 g/mol. The Morgan fingerprint density at radius 1 is 1.44 bits per heavy atom. The first-order valence-electron chi connectivity index (χ1n) is 4.47. The SMILES string of the molecule is CC(O)(CC=O)c1cnccc1C(F)(F)F. The van der Waals surface area contributed by atoms with Crippen LogP contribution in [0.5, 0.6) is 0 Å². The van der Waals surface area contributed by atoms with Crippen molar-refractivity contribution < 1.29 is 23.1 Å². The van der Waals surface area contributed by atoms with Gasteiger partial charge in [-0.05, 0) is 13.0 Å². The molecule has 1 aromatic rings. The normalized spacial score (nSPS) is 15.6. The number of aliphatic hydroxyl groups is 1. The van der Waals surface area contributed by atoms with E-state index in [0.717, 1.165) is 25.4 Å². The predicted octanol–water partition coefficient (Wildman–Crippen LogP) is 1.90. The molecule has 1 unspecified atom stereocenters. The minimum absolute atomic E-state index is 0.368. The molecule has 0 fully saturated rings. The Morgan fingerprint density at radius 3 is 2.56 bits per heavy atom.